The van der Waals surface area contributed by atoms with Crippen molar-refractivity contribution < 1.29 is 9.47 Å². The summed E-state index contributed by atoms with van der Waals surface area (Å²) < 4.78 is 11.3. The van der Waals surface area contributed by atoms with E-state index in [0.29, 0.717) is 0 Å². The fourth-order valence-corrected chi connectivity index (χ4v) is 2.44. The molecule has 0 radical (unpaired) electrons. The normalized spacial score (nSPS) is 14.7. The summed E-state index contributed by atoms with van der Waals surface area (Å²) in [5.74, 6) is 1.98. The Bertz CT molecular complexity index is 518. The van der Waals surface area contributed by atoms with Gasteiger partial charge in [0.1, 0.15) is 11.5 Å². The minimum atomic E-state index is 0.744. The summed E-state index contributed by atoms with van der Waals surface area (Å²) in [6.07, 6.45) is 7.39. The van der Waals surface area contributed by atoms with E-state index in [1.165, 1.54) is 5.57 Å². The number of rotatable bonds is 7. The topological polar surface area (TPSA) is 21.7 Å². The van der Waals surface area contributed by atoms with E-state index in [1.807, 2.05) is 12.1 Å². The Morgan fingerprint density at radius 2 is 2.10 bits per heavy atom. The maximum absolute atomic E-state index is 5.84. The highest BCUT2D eigenvalue weighted by Crippen LogP contribution is 2.29. The van der Waals surface area contributed by atoms with Gasteiger partial charge in [0.15, 0.2) is 0 Å². The van der Waals surface area contributed by atoms with Gasteiger partial charge in [0.25, 0.3) is 0 Å². The van der Waals surface area contributed by atoms with Crippen molar-refractivity contribution in [3.8, 4) is 5.75 Å². The van der Waals surface area contributed by atoms with Crippen LogP contribution in [0.4, 0.5) is 0 Å². The van der Waals surface area contributed by atoms with Gasteiger partial charge in [-0.1, -0.05) is 24.3 Å². The maximum Gasteiger partial charge on any atom is 0.119 e. The number of allylic oxidation sites excluding steroid dienone is 4. The Balaban J connectivity index is 2.04. The molecule has 1 aliphatic carbocycles. The van der Waals surface area contributed by atoms with Gasteiger partial charge in [-0.3, -0.25) is 0 Å². The fraction of sp³-hybridized carbons (Fsp3) is 0.444. The predicted octanol–water partition coefficient (Wildman–Crippen LogP) is 3.72. The predicted molar refractivity (Wildman–Crippen MR) is 87.4 cm³/mol. The zero-order valence-electron chi connectivity index (χ0n) is 13.3. The van der Waals surface area contributed by atoms with Crippen LogP contribution in [-0.4, -0.2) is 39.3 Å². The van der Waals surface area contributed by atoms with E-state index in [1.54, 1.807) is 7.11 Å². The van der Waals surface area contributed by atoms with Crippen molar-refractivity contribution in [2.45, 2.75) is 19.3 Å². The van der Waals surface area contributed by atoms with Crippen molar-refractivity contribution in [3.63, 3.8) is 0 Å². The van der Waals surface area contributed by atoms with Crippen LogP contribution in [0.2, 0.25) is 0 Å². The Kier molecular flexibility index (Phi) is 5.88. The molecule has 3 nitrogen and oxygen atoms in total. The highest BCUT2D eigenvalue weighted by molar-refractivity contribution is 5.77. The lowest BCUT2D eigenvalue weighted by atomic mass is 9.98. The van der Waals surface area contributed by atoms with Gasteiger partial charge >= 0.3 is 0 Å². The standard InChI is InChI=1S/C18H25NO2/c1-19(2)12-7-13-21-16-9-6-8-15(14-16)17-10-4-5-11-18(17)20-3/h4,6,8-10,14H,5,7,11-13H2,1-3H3. The first-order chi connectivity index (χ1) is 10.2. The van der Waals surface area contributed by atoms with Crippen LogP contribution in [0.3, 0.4) is 0 Å². The fourth-order valence-electron chi connectivity index (χ4n) is 2.44. The summed E-state index contributed by atoms with van der Waals surface area (Å²) in [5.41, 5.74) is 2.33. The molecule has 0 bridgehead atoms. The molecule has 0 N–H and O–H groups in total. The van der Waals surface area contributed by atoms with Crippen LogP contribution in [0.1, 0.15) is 24.8 Å². The van der Waals surface area contributed by atoms with Crippen molar-refractivity contribution >= 4 is 5.57 Å². The monoisotopic (exact) mass is 287 g/mol. The molecule has 0 saturated carbocycles. The molecule has 1 aromatic rings. The molecular weight excluding hydrogens is 262 g/mol. The van der Waals surface area contributed by atoms with Crippen LogP contribution in [0.5, 0.6) is 5.75 Å². The molecule has 3 heteroatoms. The molecule has 0 unspecified atom stereocenters. The van der Waals surface area contributed by atoms with Crippen LogP contribution in [0.15, 0.2) is 42.2 Å². The third-order valence-electron chi connectivity index (χ3n) is 3.53. The first-order valence-corrected chi connectivity index (χ1v) is 7.52. The van der Waals surface area contributed by atoms with Crippen molar-refractivity contribution in [1.82, 2.24) is 4.90 Å². The third-order valence-corrected chi connectivity index (χ3v) is 3.53. The largest absolute Gasteiger partial charge is 0.500 e. The van der Waals surface area contributed by atoms with Crippen molar-refractivity contribution in [1.29, 1.82) is 0 Å². The molecule has 0 aromatic heterocycles. The number of ether oxygens (including phenoxy) is 2. The summed E-state index contributed by atoms with van der Waals surface area (Å²) >= 11 is 0. The van der Waals surface area contributed by atoms with E-state index in [9.17, 15) is 0 Å². The lowest BCUT2D eigenvalue weighted by Gasteiger charge is -2.16. The second-order valence-electron chi connectivity index (χ2n) is 5.52. The van der Waals surface area contributed by atoms with Crippen LogP contribution in [-0.2, 0) is 4.74 Å². The molecule has 2 rings (SSSR count). The highest BCUT2D eigenvalue weighted by atomic mass is 16.5. The molecule has 0 spiro atoms. The lowest BCUT2D eigenvalue weighted by molar-refractivity contribution is 0.279. The van der Waals surface area contributed by atoms with Crippen LogP contribution in [0, 0.1) is 0 Å². The minimum Gasteiger partial charge on any atom is -0.500 e. The van der Waals surface area contributed by atoms with Gasteiger partial charge in [-0.2, -0.15) is 0 Å². The Morgan fingerprint density at radius 1 is 1.24 bits per heavy atom. The van der Waals surface area contributed by atoms with Gasteiger partial charge < -0.3 is 14.4 Å². The molecule has 0 amide bonds. The molecule has 0 fully saturated rings. The molecule has 0 aliphatic heterocycles. The van der Waals surface area contributed by atoms with E-state index < -0.39 is 0 Å². The Morgan fingerprint density at radius 3 is 2.86 bits per heavy atom. The molecule has 21 heavy (non-hydrogen) atoms. The number of methoxy groups -OCH3 is 1. The second-order valence-corrected chi connectivity index (χ2v) is 5.52. The van der Waals surface area contributed by atoms with E-state index >= 15 is 0 Å². The van der Waals surface area contributed by atoms with Crippen LogP contribution >= 0.6 is 0 Å². The van der Waals surface area contributed by atoms with Crippen LogP contribution < -0.4 is 4.74 Å². The van der Waals surface area contributed by atoms with Gasteiger partial charge in [-0.05, 0) is 44.6 Å². The number of hydrogen-bond acceptors (Lipinski definition) is 3. The smallest absolute Gasteiger partial charge is 0.119 e. The zero-order chi connectivity index (χ0) is 15.1. The van der Waals surface area contributed by atoms with Gasteiger partial charge in [-0.15, -0.1) is 0 Å². The summed E-state index contributed by atoms with van der Waals surface area (Å²) in [7, 11) is 5.90. The van der Waals surface area contributed by atoms with Crippen molar-refractivity contribution in [2.24, 2.45) is 0 Å². The van der Waals surface area contributed by atoms with Gasteiger partial charge in [0, 0.05) is 18.5 Å². The minimum absolute atomic E-state index is 0.744. The Labute approximate surface area is 127 Å². The first kappa shape index (κ1) is 15.6. The average Bonchev–Trinajstić information content (AvgIpc) is 2.51. The molecular formula is C18H25NO2. The summed E-state index contributed by atoms with van der Waals surface area (Å²) in [6, 6.07) is 8.26. The van der Waals surface area contributed by atoms with E-state index in [2.05, 4.69) is 43.3 Å². The van der Waals surface area contributed by atoms with Crippen molar-refractivity contribution in [2.75, 3.05) is 34.4 Å². The van der Waals surface area contributed by atoms with Gasteiger partial charge in [0.2, 0.25) is 0 Å². The average molecular weight is 287 g/mol. The van der Waals surface area contributed by atoms with E-state index in [4.69, 9.17) is 9.47 Å². The Hall–Kier alpha value is -1.74. The molecule has 114 valence electrons. The third kappa shape index (κ3) is 4.64. The van der Waals surface area contributed by atoms with E-state index in [0.717, 1.165) is 49.5 Å². The summed E-state index contributed by atoms with van der Waals surface area (Å²) in [5, 5.41) is 0. The molecule has 1 aliphatic rings. The molecule has 0 saturated heterocycles. The SMILES string of the molecule is COC1=C(c2cccc(OCCCN(C)C)c2)C=CCC1. The molecule has 0 atom stereocenters. The first-order valence-electron chi connectivity index (χ1n) is 7.52. The number of hydrogen-bond donors (Lipinski definition) is 0. The van der Waals surface area contributed by atoms with Crippen LogP contribution in [0.25, 0.3) is 5.57 Å². The lowest BCUT2D eigenvalue weighted by Crippen LogP contribution is -2.15. The number of benzene rings is 1. The number of nitrogens with zero attached hydrogens (tertiary/aromatic N) is 1. The summed E-state index contributed by atoms with van der Waals surface area (Å²) in [4.78, 5) is 2.17. The quantitative estimate of drug-likeness (QED) is 0.713. The van der Waals surface area contributed by atoms with Crippen molar-refractivity contribution in [3.05, 3.63) is 47.7 Å². The van der Waals surface area contributed by atoms with E-state index in [-0.39, 0.29) is 0 Å². The molecule has 1 aromatic carbocycles. The molecule has 0 heterocycles. The van der Waals surface area contributed by atoms with Gasteiger partial charge in [-0.25, -0.2) is 0 Å². The maximum atomic E-state index is 5.84. The zero-order valence-corrected chi connectivity index (χ0v) is 13.3. The second kappa shape index (κ2) is 7.89. The van der Waals surface area contributed by atoms with Gasteiger partial charge in [0.05, 0.1) is 13.7 Å². The highest BCUT2D eigenvalue weighted by Gasteiger charge is 2.11. The summed E-state index contributed by atoms with van der Waals surface area (Å²) in [6.45, 7) is 1.79.